The van der Waals surface area contributed by atoms with Crippen molar-refractivity contribution < 1.29 is 19.0 Å². The maximum atomic E-state index is 11.6. The molecule has 144 valence electrons. The fraction of sp³-hybridized carbons (Fsp3) is 0.864. The molecule has 0 bridgehead atoms. The second-order valence-electron chi connectivity index (χ2n) is 9.60. The Labute approximate surface area is 156 Å². The lowest BCUT2D eigenvalue weighted by Crippen LogP contribution is -2.49. The van der Waals surface area contributed by atoms with Gasteiger partial charge in [0, 0.05) is 25.2 Å². The fourth-order valence-corrected chi connectivity index (χ4v) is 7.34. The number of allylic oxidation sites excluding steroid dienone is 1. The standard InChI is InChI=1S/C22H32O4/c1-14(23)26-20-6-5-19-18-4-3-15-13-22(24-11-12-25-22)10-8-16(15)17(18)7-9-21(19,20)2/h3,16-20H,4-13H2,1-2H3. The summed E-state index contributed by atoms with van der Waals surface area (Å²) in [6.07, 6.45) is 11.9. The summed E-state index contributed by atoms with van der Waals surface area (Å²) >= 11 is 0. The predicted octanol–water partition coefficient (Wildman–Crippen LogP) is 4.23. The van der Waals surface area contributed by atoms with Gasteiger partial charge >= 0.3 is 5.97 Å². The van der Waals surface area contributed by atoms with Crippen molar-refractivity contribution in [3.63, 3.8) is 0 Å². The quantitative estimate of drug-likeness (QED) is 0.518. The van der Waals surface area contributed by atoms with Crippen LogP contribution < -0.4 is 0 Å². The van der Waals surface area contributed by atoms with Gasteiger partial charge in [0.25, 0.3) is 0 Å². The average Bonchev–Trinajstić information content (AvgIpc) is 3.19. The molecule has 0 aromatic rings. The molecule has 26 heavy (non-hydrogen) atoms. The van der Waals surface area contributed by atoms with E-state index in [2.05, 4.69) is 13.0 Å². The third-order valence-electron chi connectivity index (χ3n) is 8.48. The third kappa shape index (κ3) is 2.51. The maximum Gasteiger partial charge on any atom is 0.302 e. The van der Waals surface area contributed by atoms with Gasteiger partial charge in [0.2, 0.25) is 0 Å². The molecule has 4 heteroatoms. The zero-order valence-corrected chi connectivity index (χ0v) is 16.2. The molecule has 6 unspecified atom stereocenters. The minimum atomic E-state index is -0.299. The predicted molar refractivity (Wildman–Crippen MR) is 97.3 cm³/mol. The van der Waals surface area contributed by atoms with E-state index in [1.807, 2.05) is 0 Å². The summed E-state index contributed by atoms with van der Waals surface area (Å²) in [7, 11) is 0. The van der Waals surface area contributed by atoms with Crippen molar-refractivity contribution in [1.29, 1.82) is 0 Å². The molecule has 5 aliphatic rings. The fourth-order valence-electron chi connectivity index (χ4n) is 7.34. The lowest BCUT2D eigenvalue weighted by atomic mass is 9.52. The summed E-state index contributed by atoms with van der Waals surface area (Å²) in [5.74, 6) is 2.60. The van der Waals surface area contributed by atoms with Crippen LogP contribution in [0.15, 0.2) is 11.6 Å². The summed E-state index contributed by atoms with van der Waals surface area (Å²) in [4.78, 5) is 11.6. The van der Waals surface area contributed by atoms with Gasteiger partial charge in [-0.25, -0.2) is 0 Å². The van der Waals surface area contributed by atoms with E-state index in [0.717, 1.165) is 50.2 Å². The molecule has 4 fully saturated rings. The van der Waals surface area contributed by atoms with E-state index in [-0.39, 0.29) is 23.3 Å². The number of hydrogen-bond acceptors (Lipinski definition) is 4. The van der Waals surface area contributed by atoms with Gasteiger partial charge < -0.3 is 14.2 Å². The van der Waals surface area contributed by atoms with Crippen LogP contribution in [0.4, 0.5) is 0 Å². The van der Waals surface area contributed by atoms with Crippen LogP contribution in [0.1, 0.15) is 65.2 Å². The molecule has 4 nitrogen and oxygen atoms in total. The first-order valence-corrected chi connectivity index (χ1v) is 10.6. The number of hydrogen-bond donors (Lipinski definition) is 0. The normalized spacial score (nSPS) is 46.2. The van der Waals surface area contributed by atoms with Crippen LogP contribution in [0.5, 0.6) is 0 Å². The van der Waals surface area contributed by atoms with E-state index in [1.165, 1.54) is 32.1 Å². The second kappa shape index (κ2) is 6.07. The minimum Gasteiger partial charge on any atom is -0.462 e. The SMILES string of the molecule is CC(=O)OC1CCC2C3CC=C4CC5(CCC4C3CCC12C)OCCO5. The minimum absolute atomic E-state index is 0.112. The molecule has 6 atom stereocenters. The molecule has 1 saturated heterocycles. The third-order valence-corrected chi connectivity index (χ3v) is 8.48. The lowest BCUT2D eigenvalue weighted by Gasteiger charge is -2.54. The number of esters is 1. The Balaban J connectivity index is 1.37. The number of rotatable bonds is 1. The molecular formula is C22H32O4. The highest BCUT2D eigenvalue weighted by Gasteiger charge is 2.58. The Morgan fingerprint density at radius 1 is 1.12 bits per heavy atom. The first kappa shape index (κ1) is 17.2. The largest absolute Gasteiger partial charge is 0.462 e. The van der Waals surface area contributed by atoms with Crippen LogP contribution >= 0.6 is 0 Å². The van der Waals surface area contributed by atoms with Crippen molar-refractivity contribution in [3.05, 3.63) is 11.6 Å². The highest BCUT2D eigenvalue weighted by atomic mass is 16.7. The monoisotopic (exact) mass is 360 g/mol. The number of fused-ring (bicyclic) bond motifs is 5. The van der Waals surface area contributed by atoms with Crippen molar-refractivity contribution >= 4 is 5.97 Å². The van der Waals surface area contributed by atoms with Crippen LogP contribution in [-0.2, 0) is 19.0 Å². The summed E-state index contributed by atoms with van der Waals surface area (Å²) < 4.78 is 17.7. The van der Waals surface area contributed by atoms with Gasteiger partial charge in [0.1, 0.15) is 6.10 Å². The Morgan fingerprint density at radius 2 is 1.92 bits per heavy atom. The van der Waals surface area contributed by atoms with Crippen molar-refractivity contribution in [3.8, 4) is 0 Å². The molecule has 0 amide bonds. The van der Waals surface area contributed by atoms with Gasteiger partial charge in [-0.15, -0.1) is 0 Å². The highest BCUT2D eigenvalue weighted by molar-refractivity contribution is 5.66. The summed E-state index contributed by atoms with van der Waals surface area (Å²) in [5, 5.41) is 0. The van der Waals surface area contributed by atoms with Crippen LogP contribution in [-0.4, -0.2) is 31.1 Å². The molecule has 0 N–H and O–H groups in total. The molecule has 5 rings (SSSR count). The molecule has 4 aliphatic carbocycles. The van der Waals surface area contributed by atoms with E-state index in [1.54, 1.807) is 12.5 Å². The van der Waals surface area contributed by atoms with Gasteiger partial charge in [-0.05, 0) is 62.2 Å². The molecule has 0 radical (unpaired) electrons. The molecule has 3 saturated carbocycles. The van der Waals surface area contributed by atoms with Crippen molar-refractivity contribution in [2.24, 2.45) is 29.1 Å². The molecule has 0 aromatic carbocycles. The molecule has 0 aromatic heterocycles. The first-order valence-electron chi connectivity index (χ1n) is 10.6. The molecule has 1 aliphatic heterocycles. The van der Waals surface area contributed by atoms with Gasteiger partial charge in [-0.1, -0.05) is 18.6 Å². The Kier molecular flexibility index (Phi) is 4.02. The van der Waals surface area contributed by atoms with E-state index in [0.29, 0.717) is 5.92 Å². The molecular weight excluding hydrogens is 328 g/mol. The molecule has 1 heterocycles. The average molecular weight is 360 g/mol. The van der Waals surface area contributed by atoms with E-state index < -0.39 is 0 Å². The van der Waals surface area contributed by atoms with Crippen molar-refractivity contribution in [2.45, 2.75) is 77.1 Å². The summed E-state index contributed by atoms with van der Waals surface area (Å²) in [6.45, 7) is 5.46. The van der Waals surface area contributed by atoms with Crippen LogP contribution in [0.2, 0.25) is 0 Å². The number of carbonyl (C=O) groups excluding carboxylic acids is 1. The number of ether oxygens (including phenoxy) is 3. The molecule has 1 spiro atoms. The van der Waals surface area contributed by atoms with Crippen LogP contribution in [0.25, 0.3) is 0 Å². The first-order chi connectivity index (χ1) is 12.5. The topological polar surface area (TPSA) is 44.8 Å². The zero-order chi connectivity index (χ0) is 17.9. The second-order valence-corrected chi connectivity index (χ2v) is 9.60. The maximum absolute atomic E-state index is 11.6. The van der Waals surface area contributed by atoms with Crippen LogP contribution in [0.3, 0.4) is 0 Å². The number of carbonyl (C=O) groups is 1. The Hall–Kier alpha value is -0.870. The van der Waals surface area contributed by atoms with E-state index >= 15 is 0 Å². The lowest BCUT2D eigenvalue weighted by molar-refractivity contribution is -0.177. The summed E-state index contributed by atoms with van der Waals surface area (Å²) in [5.41, 5.74) is 1.80. The van der Waals surface area contributed by atoms with Gasteiger partial charge in [-0.3, -0.25) is 4.79 Å². The van der Waals surface area contributed by atoms with E-state index in [4.69, 9.17) is 14.2 Å². The zero-order valence-electron chi connectivity index (χ0n) is 16.2. The van der Waals surface area contributed by atoms with Gasteiger partial charge in [0.15, 0.2) is 5.79 Å². The smallest absolute Gasteiger partial charge is 0.302 e. The van der Waals surface area contributed by atoms with Crippen molar-refractivity contribution in [1.82, 2.24) is 0 Å². The van der Waals surface area contributed by atoms with Gasteiger partial charge in [-0.2, -0.15) is 0 Å². The van der Waals surface area contributed by atoms with Crippen molar-refractivity contribution in [2.75, 3.05) is 13.2 Å². The summed E-state index contributed by atoms with van der Waals surface area (Å²) in [6, 6.07) is 0. The Morgan fingerprint density at radius 3 is 2.69 bits per heavy atom. The van der Waals surface area contributed by atoms with Crippen LogP contribution in [0, 0.1) is 29.1 Å². The highest BCUT2D eigenvalue weighted by Crippen LogP contribution is 2.62. The Bertz CT molecular complexity index is 620. The van der Waals surface area contributed by atoms with E-state index in [9.17, 15) is 4.79 Å². The van der Waals surface area contributed by atoms with Gasteiger partial charge in [0.05, 0.1) is 13.2 Å².